The molecule has 1 atom stereocenters. The maximum atomic E-state index is 5.81. The van der Waals surface area contributed by atoms with E-state index in [1.54, 1.807) is 12.5 Å². The topological polar surface area (TPSA) is 89.9 Å². The Balaban J connectivity index is 1.31. The molecule has 1 aliphatic heterocycles. The summed E-state index contributed by atoms with van der Waals surface area (Å²) in [4.78, 5) is 12.5. The Labute approximate surface area is 203 Å². The number of aromatic nitrogens is 5. The molecule has 0 spiro atoms. The molecule has 8 nitrogen and oxygen atoms in total. The molecule has 176 valence electrons. The quantitative estimate of drug-likeness (QED) is 0.349. The van der Waals surface area contributed by atoms with Gasteiger partial charge in [-0.05, 0) is 53.4 Å². The molecule has 0 unspecified atom stereocenters. The predicted octanol–water partition coefficient (Wildman–Crippen LogP) is 5.39. The highest BCUT2D eigenvalue weighted by molar-refractivity contribution is 5.91. The highest BCUT2D eigenvalue weighted by Gasteiger charge is 2.21. The van der Waals surface area contributed by atoms with E-state index < -0.39 is 0 Å². The molecule has 2 aromatic carbocycles. The Bertz CT molecular complexity index is 1460. The summed E-state index contributed by atoms with van der Waals surface area (Å²) < 4.78 is 13.3. The number of fused-ring (bicyclic) bond motifs is 2. The van der Waals surface area contributed by atoms with E-state index in [1.807, 2.05) is 23.0 Å². The molecule has 35 heavy (non-hydrogen) atoms. The highest BCUT2D eigenvalue weighted by Crippen LogP contribution is 2.36. The summed E-state index contributed by atoms with van der Waals surface area (Å²) in [5, 5.41) is 8.90. The SMILES string of the molecule is CC(C)[C@@H](Nc1ncnc2[nH]c(-c3ccc(-n4cccn4)cc3)cc12)c1ccc2c(c1)OCCO2. The third-order valence-corrected chi connectivity index (χ3v) is 6.26. The molecule has 8 heteroatoms. The van der Waals surface area contributed by atoms with Gasteiger partial charge in [-0.2, -0.15) is 5.10 Å². The summed E-state index contributed by atoms with van der Waals surface area (Å²) in [6.45, 7) is 5.53. The van der Waals surface area contributed by atoms with Crippen LogP contribution >= 0.6 is 0 Å². The normalized spacial score (nSPS) is 13.8. The zero-order chi connectivity index (χ0) is 23.8. The molecule has 3 aromatic heterocycles. The molecular formula is C27H26N6O2. The van der Waals surface area contributed by atoms with Crippen LogP contribution in [0.2, 0.25) is 0 Å². The van der Waals surface area contributed by atoms with Gasteiger partial charge < -0.3 is 19.8 Å². The first-order valence-electron chi connectivity index (χ1n) is 11.8. The van der Waals surface area contributed by atoms with Gasteiger partial charge in [-0.1, -0.05) is 32.0 Å². The van der Waals surface area contributed by atoms with E-state index in [2.05, 4.69) is 81.7 Å². The summed E-state index contributed by atoms with van der Waals surface area (Å²) in [5.74, 6) is 2.69. The highest BCUT2D eigenvalue weighted by atomic mass is 16.6. The van der Waals surface area contributed by atoms with Crippen molar-refractivity contribution in [3.63, 3.8) is 0 Å². The van der Waals surface area contributed by atoms with E-state index in [0.29, 0.717) is 19.1 Å². The molecule has 0 saturated heterocycles. The van der Waals surface area contributed by atoms with Gasteiger partial charge in [0.15, 0.2) is 11.5 Å². The fourth-order valence-electron chi connectivity index (χ4n) is 4.46. The average molecular weight is 467 g/mol. The van der Waals surface area contributed by atoms with E-state index in [4.69, 9.17) is 9.47 Å². The summed E-state index contributed by atoms with van der Waals surface area (Å²) in [6, 6.07) is 18.4. The number of hydrogen-bond acceptors (Lipinski definition) is 6. The standard InChI is InChI=1S/C27H26N6O2/c1-17(2)25(19-6-9-23-24(14-19)35-13-12-34-23)32-27-21-15-22(31-26(21)28-16-29-27)18-4-7-20(8-5-18)33-11-3-10-30-33/h3-11,14-17,25H,12-13H2,1-2H3,(H2,28,29,31,32)/t25-/m1/s1. The van der Waals surface area contributed by atoms with Crippen molar-refractivity contribution in [2.45, 2.75) is 19.9 Å². The molecule has 2 N–H and O–H groups in total. The first-order chi connectivity index (χ1) is 17.2. The first kappa shape index (κ1) is 21.2. The second kappa shape index (κ2) is 8.79. The minimum atomic E-state index is 0.0376. The smallest absolute Gasteiger partial charge is 0.161 e. The summed E-state index contributed by atoms with van der Waals surface area (Å²) in [6.07, 6.45) is 5.29. The Morgan fingerprint density at radius 2 is 1.80 bits per heavy atom. The number of ether oxygens (including phenoxy) is 2. The molecule has 1 aliphatic rings. The molecule has 0 amide bonds. The minimum Gasteiger partial charge on any atom is -0.486 e. The Morgan fingerprint density at radius 1 is 0.971 bits per heavy atom. The zero-order valence-corrected chi connectivity index (χ0v) is 19.6. The van der Waals surface area contributed by atoms with Crippen molar-refractivity contribution in [3.05, 3.63) is 78.9 Å². The van der Waals surface area contributed by atoms with E-state index in [0.717, 1.165) is 50.9 Å². The molecular weight excluding hydrogens is 440 g/mol. The number of nitrogens with zero attached hydrogens (tertiary/aromatic N) is 4. The van der Waals surface area contributed by atoms with Gasteiger partial charge in [-0.15, -0.1) is 0 Å². The van der Waals surface area contributed by atoms with Gasteiger partial charge in [0.2, 0.25) is 0 Å². The van der Waals surface area contributed by atoms with Crippen LogP contribution in [0.1, 0.15) is 25.5 Å². The van der Waals surface area contributed by atoms with Crippen molar-refractivity contribution in [2.24, 2.45) is 5.92 Å². The molecule has 0 bridgehead atoms. The third-order valence-electron chi connectivity index (χ3n) is 6.26. The van der Waals surface area contributed by atoms with Crippen molar-refractivity contribution >= 4 is 16.9 Å². The molecule has 0 aliphatic carbocycles. The van der Waals surface area contributed by atoms with Crippen LogP contribution in [0.15, 0.2) is 73.3 Å². The Morgan fingerprint density at radius 3 is 2.57 bits per heavy atom. The number of hydrogen-bond donors (Lipinski definition) is 2. The number of H-pyrrole nitrogens is 1. The van der Waals surface area contributed by atoms with Gasteiger partial charge in [0, 0.05) is 18.1 Å². The Hall–Kier alpha value is -4.33. The lowest BCUT2D eigenvalue weighted by Gasteiger charge is -2.26. The van der Waals surface area contributed by atoms with Crippen LogP contribution in [0.3, 0.4) is 0 Å². The third kappa shape index (κ3) is 4.07. The number of rotatable bonds is 6. The molecule has 5 aromatic rings. The second-order valence-corrected chi connectivity index (χ2v) is 8.93. The van der Waals surface area contributed by atoms with Crippen LogP contribution in [0.25, 0.3) is 28.0 Å². The van der Waals surface area contributed by atoms with Crippen molar-refractivity contribution in [1.29, 1.82) is 0 Å². The molecule has 4 heterocycles. The van der Waals surface area contributed by atoms with Crippen LogP contribution in [-0.4, -0.2) is 37.9 Å². The number of aromatic amines is 1. The largest absolute Gasteiger partial charge is 0.486 e. The Kier molecular flexibility index (Phi) is 5.33. The van der Waals surface area contributed by atoms with Gasteiger partial charge in [-0.25, -0.2) is 14.6 Å². The van der Waals surface area contributed by atoms with E-state index >= 15 is 0 Å². The molecule has 0 radical (unpaired) electrons. The fraction of sp³-hybridized carbons (Fsp3) is 0.222. The van der Waals surface area contributed by atoms with Gasteiger partial charge in [0.1, 0.15) is 31.0 Å². The van der Waals surface area contributed by atoms with Crippen LogP contribution in [0, 0.1) is 5.92 Å². The monoisotopic (exact) mass is 466 g/mol. The maximum absolute atomic E-state index is 5.81. The van der Waals surface area contributed by atoms with Crippen LogP contribution < -0.4 is 14.8 Å². The van der Waals surface area contributed by atoms with Gasteiger partial charge in [0.25, 0.3) is 0 Å². The molecule has 0 saturated carbocycles. The fourth-order valence-corrected chi connectivity index (χ4v) is 4.46. The molecule has 6 rings (SSSR count). The first-order valence-corrected chi connectivity index (χ1v) is 11.8. The van der Waals surface area contributed by atoms with Gasteiger partial charge in [-0.3, -0.25) is 0 Å². The van der Waals surface area contributed by atoms with Crippen LogP contribution in [0.5, 0.6) is 11.5 Å². The molecule has 0 fully saturated rings. The van der Waals surface area contributed by atoms with Gasteiger partial charge in [0.05, 0.1) is 17.1 Å². The van der Waals surface area contributed by atoms with E-state index in [9.17, 15) is 0 Å². The average Bonchev–Trinajstić information content (AvgIpc) is 3.58. The van der Waals surface area contributed by atoms with Crippen molar-refractivity contribution in [1.82, 2.24) is 24.7 Å². The predicted molar refractivity (Wildman–Crippen MR) is 135 cm³/mol. The minimum absolute atomic E-state index is 0.0376. The van der Waals surface area contributed by atoms with E-state index in [1.165, 1.54) is 0 Å². The van der Waals surface area contributed by atoms with Crippen molar-refractivity contribution in [3.8, 4) is 28.4 Å². The van der Waals surface area contributed by atoms with Crippen molar-refractivity contribution < 1.29 is 9.47 Å². The van der Waals surface area contributed by atoms with Crippen molar-refractivity contribution in [2.75, 3.05) is 18.5 Å². The number of nitrogens with one attached hydrogen (secondary N) is 2. The zero-order valence-electron chi connectivity index (χ0n) is 19.6. The summed E-state index contributed by atoms with van der Waals surface area (Å²) in [5.41, 5.74) is 4.98. The number of benzene rings is 2. The van der Waals surface area contributed by atoms with Crippen LogP contribution in [-0.2, 0) is 0 Å². The number of anilines is 1. The van der Waals surface area contributed by atoms with Crippen LogP contribution in [0.4, 0.5) is 5.82 Å². The van der Waals surface area contributed by atoms with E-state index in [-0.39, 0.29) is 6.04 Å². The lowest BCUT2D eigenvalue weighted by molar-refractivity contribution is 0.171. The maximum Gasteiger partial charge on any atom is 0.161 e. The summed E-state index contributed by atoms with van der Waals surface area (Å²) >= 11 is 0. The van der Waals surface area contributed by atoms with Gasteiger partial charge >= 0.3 is 0 Å². The lowest BCUT2D eigenvalue weighted by atomic mass is 9.95. The second-order valence-electron chi connectivity index (χ2n) is 8.93. The lowest BCUT2D eigenvalue weighted by Crippen LogP contribution is -2.19. The summed E-state index contributed by atoms with van der Waals surface area (Å²) in [7, 11) is 0.